The summed E-state index contributed by atoms with van der Waals surface area (Å²) < 4.78 is 6.95. The van der Waals surface area contributed by atoms with Crippen molar-refractivity contribution in [3.63, 3.8) is 0 Å². The molecule has 0 radical (unpaired) electrons. The van der Waals surface area contributed by atoms with Crippen LogP contribution in [0.15, 0.2) is 47.9 Å². The van der Waals surface area contributed by atoms with Crippen molar-refractivity contribution in [3.8, 4) is 17.1 Å². The van der Waals surface area contributed by atoms with Gasteiger partial charge in [0.25, 0.3) is 0 Å². The number of Topliss-reactive ketones (excluding diaryl/α,β-unsaturated/α-hetero) is 1. The van der Waals surface area contributed by atoms with Crippen LogP contribution in [0, 0.1) is 0 Å². The molecule has 25 heavy (non-hydrogen) atoms. The Bertz CT molecular complexity index is 899. The Hall–Kier alpha value is -2.38. The zero-order valence-corrected chi connectivity index (χ0v) is 15.2. The minimum Gasteiger partial charge on any atom is -0.495 e. The van der Waals surface area contributed by atoms with E-state index < -0.39 is 0 Å². The number of hydrogen-bond donors (Lipinski definition) is 0. The van der Waals surface area contributed by atoms with E-state index in [4.69, 9.17) is 16.3 Å². The van der Waals surface area contributed by atoms with E-state index in [1.165, 1.54) is 18.9 Å². The van der Waals surface area contributed by atoms with Gasteiger partial charge in [0, 0.05) is 30.6 Å². The summed E-state index contributed by atoms with van der Waals surface area (Å²) in [5, 5.41) is 9.43. The molecule has 2 aromatic heterocycles. The highest BCUT2D eigenvalue weighted by atomic mass is 35.5. The summed E-state index contributed by atoms with van der Waals surface area (Å²) in [5.74, 6) is 1.47. The van der Waals surface area contributed by atoms with Crippen LogP contribution in [0.25, 0.3) is 11.4 Å². The van der Waals surface area contributed by atoms with Crippen molar-refractivity contribution in [2.75, 3.05) is 12.9 Å². The molecule has 0 atom stereocenters. The molecule has 0 saturated heterocycles. The number of benzene rings is 1. The average Bonchev–Trinajstić information content (AvgIpc) is 3.01. The predicted molar refractivity (Wildman–Crippen MR) is 97.3 cm³/mol. The van der Waals surface area contributed by atoms with Gasteiger partial charge < -0.3 is 9.30 Å². The van der Waals surface area contributed by atoms with Gasteiger partial charge in [-0.3, -0.25) is 9.78 Å². The quantitative estimate of drug-likeness (QED) is 0.485. The van der Waals surface area contributed by atoms with Crippen LogP contribution >= 0.6 is 23.4 Å². The number of rotatable bonds is 6. The molecular formula is C17H15ClN4O2S. The first-order chi connectivity index (χ1) is 12.1. The first kappa shape index (κ1) is 17.4. The lowest BCUT2D eigenvalue weighted by atomic mass is 10.1. The molecule has 2 heterocycles. The van der Waals surface area contributed by atoms with Crippen LogP contribution in [0.5, 0.6) is 5.75 Å². The molecule has 0 amide bonds. The molecule has 0 aliphatic rings. The van der Waals surface area contributed by atoms with Gasteiger partial charge in [-0.1, -0.05) is 23.4 Å². The van der Waals surface area contributed by atoms with Crippen molar-refractivity contribution in [2.45, 2.75) is 5.16 Å². The minimum absolute atomic E-state index is 0.0389. The van der Waals surface area contributed by atoms with Gasteiger partial charge in [0.1, 0.15) is 5.75 Å². The summed E-state index contributed by atoms with van der Waals surface area (Å²) in [6, 6.07) is 8.73. The van der Waals surface area contributed by atoms with E-state index in [9.17, 15) is 4.79 Å². The van der Waals surface area contributed by atoms with Crippen LogP contribution in [0.3, 0.4) is 0 Å². The molecule has 0 aliphatic heterocycles. The number of nitrogens with zero attached hydrogens (tertiary/aromatic N) is 4. The van der Waals surface area contributed by atoms with Gasteiger partial charge >= 0.3 is 0 Å². The fourth-order valence-electron chi connectivity index (χ4n) is 2.25. The number of aromatic nitrogens is 4. The molecule has 0 unspecified atom stereocenters. The van der Waals surface area contributed by atoms with Crippen LogP contribution in [-0.4, -0.2) is 38.4 Å². The number of thioether (sulfide) groups is 1. The first-order valence-corrected chi connectivity index (χ1v) is 8.76. The average molecular weight is 375 g/mol. The van der Waals surface area contributed by atoms with Crippen LogP contribution < -0.4 is 4.74 Å². The number of ketones is 1. The zero-order chi connectivity index (χ0) is 17.8. The zero-order valence-electron chi connectivity index (χ0n) is 13.6. The lowest BCUT2D eigenvalue weighted by molar-refractivity contribution is 0.102. The van der Waals surface area contributed by atoms with E-state index >= 15 is 0 Å². The molecular weight excluding hydrogens is 360 g/mol. The van der Waals surface area contributed by atoms with Crippen molar-refractivity contribution < 1.29 is 9.53 Å². The maximum absolute atomic E-state index is 12.4. The first-order valence-electron chi connectivity index (χ1n) is 7.39. The Morgan fingerprint density at radius 1 is 1.24 bits per heavy atom. The molecule has 0 bridgehead atoms. The Morgan fingerprint density at radius 2 is 2.00 bits per heavy atom. The van der Waals surface area contributed by atoms with Crippen molar-refractivity contribution in [2.24, 2.45) is 7.05 Å². The summed E-state index contributed by atoms with van der Waals surface area (Å²) in [6.07, 6.45) is 3.40. The highest BCUT2D eigenvalue weighted by Gasteiger charge is 2.14. The van der Waals surface area contributed by atoms with Gasteiger partial charge in [-0.2, -0.15) is 0 Å². The topological polar surface area (TPSA) is 69.9 Å². The van der Waals surface area contributed by atoms with E-state index in [2.05, 4.69) is 15.2 Å². The van der Waals surface area contributed by atoms with Crippen molar-refractivity contribution >= 4 is 29.1 Å². The number of methoxy groups -OCH3 is 1. The highest BCUT2D eigenvalue weighted by Crippen LogP contribution is 2.27. The molecule has 0 N–H and O–H groups in total. The van der Waals surface area contributed by atoms with Gasteiger partial charge in [0.2, 0.25) is 0 Å². The summed E-state index contributed by atoms with van der Waals surface area (Å²) in [5.41, 5.74) is 1.46. The Kier molecular flexibility index (Phi) is 5.35. The predicted octanol–water partition coefficient (Wildman–Crippen LogP) is 3.51. The van der Waals surface area contributed by atoms with E-state index in [-0.39, 0.29) is 11.5 Å². The third-order valence-corrected chi connectivity index (χ3v) is 4.90. The normalized spacial score (nSPS) is 10.7. The van der Waals surface area contributed by atoms with Gasteiger partial charge in [-0.15, -0.1) is 10.2 Å². The van der Waals surface area contributed by atoms with E-state index in [0.29, 0.717) is 21.5 Å². The number of pyridine rings is 1. The Balaban J connectivity index is 1.71. The molecule has 0 fully saturated rings. The Morgan fingerprint density at radius 3 is 2.68 bits per heavy atom. The van der Waals surface area contributed by atoms with Crippen LogP contribution in [0.1, 0.15) is 10.4 Å². The SMILES string of the molecule is COc1ccc(C(=O)CSc2nnc(-c3ccncc3)n2C)cc1Cl. The number of carbonyl (C=O) groups excluding carboxylic acids is 1. The number of ether oxygens (including phenoxy) is 1. The summed E-state index contributed by atoms with van der Waals surface area (Å²) in [4.78, 5) is 16.4. The highest BCUT2D eigenvalue weighted by molar-refractivity contribution is 7.99. The molecule has 0 aliphatic carbocycles. The second kappa shape index (κ2) is 7.67. The van der Waals surface area contributed by atoms with Gasteiger partial charge in [0.05, 0.1) is 17.9 Å². The molecule has 1 aromatic carbocycles. The Labute approximate surface area is 154 Å². The maximum Gasteiger partial charge on any atom is 0.191 e. The largest absolute Gasteiger partial charge is 0.495 e. The summed E-state index contributed by atoms with van der Waals surface area (Å²) >= 11 is 7.40. The maximum atomic E-state index is 12.4. The summed E-state index contributed by atoms with van der Waals surface area (Å²) in [7, 11) is 3.40. The van der Waals surface area contributed by atoms with Crippen LogP contribution in [0.4, 0.5) is 0 Å². The van der Waals surface area contributed by atoms with E-state index in [1.54, 1.807) is 30.6 Å². The monoisotopic (exact) mass is 374 g/mol. The smallest absolute Gasteiger partial charge is 0.191 e. The fourth-order valence-corrected chi connectivity index (χ4v) is 3.31. The van der Waals surface area contributed by atoms with Crippen molar-refractivity contribution in [1.29, 1.82) is 0 Å². The van der Waals surface area contributed by atoms with Crippen molar-refractivity contribution in [1.82, 2.24) is 19.7 Å². The number of carbonyl (C=O) groups is 1. The fraction of sp³-hybridized carbons (Fsp3) is 0.176. The lowest BCUT2D eigenvalue weighted by Gasteiger charge is -2.06. The molecule has 128 valence electrons. The van der Waals surface area contributed by atoms with Crippen LogP contribution in [0.2, 0.25) is 5.02 Å². The minimum atomic E-state index is -0.0389. The van der Waals surface area contributed by atoms with Crippen LogP contribution in [-0.2, 0) is 7.05 Å². The molecule has 6 nitrogen and oxygen atoms in total. The van der Waals surface area contributed by atoms with Gasteiger partial charge in [0.15, 0.2) is 16.8 Å². The molecule has 0 saturated carbocycles. The van der Waals surface area contributed by atoms with Gasteiger partial charge in [-0.05, 0) is 30.3 Å². The third kappa shape index (κ3) is 3.83. The summed E-state index contributed by atoms with van der Waals surface area (Å²) in [6.45, 7) is 0. The van der Waals surface area contributed by atoms with Crippen molar-refractivity contribution in [3.05, 3.63) is 53.3 Å². The molecule has 8 heteroatoms. The third-order valence-electron chi connectivity index (χ3n) is 3.58. The second-order valence-electron chi connectivity index (χ2n) is 5.16. The number of halogens is 1. The molecule has 3 aromatic rings. The van der Waals surface area contributed by atoms with E-state index in [0.717, 1.165) is 11.4 Å². The standard InChI is InChI=1S/C17H15ClN4O2S/c1-22-16(11-5-7-19-8-6-11)20-21-17(22)25-10-14(23)12-3-4-15(24-2)13(18)9-12/h3-9H,10H2,1-2H3. The molecule has 0 spiro atoms. The number of hydrogen-bond acceptors (Lipinski definition) is 6. The lowest BCUT2D eigenvalue weighted by Crippen LogP contribution is -2.04. The van der Waals surface area contributed by atoms with E-state index in [1.807, 2.05) is 23.7 Å². The van der Waals surface area contributed by atoms with Gasteiger partial charge in [-0.25, -0.2) is 0 Å². The second-order valence-corrected chi connectivity index (χ2v) is 6.51. The molecule has 3 rings (SSSR count).